The van der Waals surface area contributed by atoms with Gasteiger partial charge in [0.2, 0.25) is 0 Å². The molecule has 1 rings (SSSR count). The lowest BCUT2D eigenvalue weighted by molar-refractivity contribution is 0.389. The summed E-state index contributed by atoms with van der Waals surface area (Å²) in [6.45, 7) is 8.55. The predicted octanol–water partition coefficient (Wildman–Crippen LogP) is 2.83. The normalized spacial score (nSPS) is 9.87. The number of aromatic nitrogens is 2. The molecule has 0 aliphatic rings. The van der Waals surface area contributed by atoms with E-state index in [0.29, 0.717) is 5.02 Å². The molecule has 0 radical (unpaired) electrons. The van der Waals surface area contributed by atoms with Gasteiger partial charge in [0.15, 0.2) is 0 Å². The van der Waals surface area contributed by atoms with Gasteiger partial charge >= 0.3 is 0 Å². The van der Waals surface area contributed by atoms with Gasteiger partial charge in [-0.15, -0.1) is 0 Å². The van der Waals surface area contributed by atoms with E-state index in [1.807, 2.05) is 46.7 Å². The van der Waals surface area contributed by atoms with Gasteiger partial charge in [0, 0.05) is 0 Å². The van der Waals surface area contributed by atoms with E-state index in [2.05, 4.69) is 9.97 Å². The molecule has 0 aliphatic heterocycles. The van der Waals surface area contributed by atoms with Gasteiger partial charge in [-0.3, -0.25) is 0 Å². The lowest BCUT2D eigenvalue weighted by Crippen LogP contribution is -2.14. The first kappa shape index (κ1) is 14.3. The molecule has 0 bridgehead atoms. The van der Waals surface area contributed by atoms with Gasteiger partial charge in [-0.25, -0.2) is 9.97 Å². The second kappa shape index (κ2) is 6.75. The fraction of sp³-hybridized carbons (Fsp3) is 0.636. The summed E-state index contributed by atoms with van der Waals surface area (Å²) in [7, 11) is 3.98. The molecule has 4 heteroatoms. The Morgan fingerprint density at radius 2 is 1.47 bits per heavy atom. The van der Waals surface area contributed by atoms with E-state index in [4.69, 9.17) is 11.6 Å². The van der Waals surface area contributed by atoms with Crippen molar-refractivity contribution in [3.05, 3.63) is 22.2 Å². The summed E-state index contributed by atoms with van der Waals surface area (Å²) in [6.07, 6.45) is 0. The van der Waals surface area contributed by atoms with Crippen molar-refractivity contribution < 1.29 is 0 Å². The van der Waals surface area contributed by atoms with Crippen molar-refractivity contribution in [2.75, 3.05) is 14.1 Å². The molecule has 0 aliphatic carbocycles. The molecule has 0 unspecified atom stereocenters. The number of hydrogen-bond acceptors (Lipinski definition) is 3. The van der Waals surface area contributed by atoms with Gasteiger partial charge in [0.05, 0.1) is 23.0 Å². The van der Waals surface area contributed by atoms with Crippen LogP contribution in [-0.4, -0.2) is 29.0 Å². The molecule has 15 heavy (non-hydrogen) atoms. The minimum atomic E-state index is 0.669. The van der Waals surface area contributed by atoms with E-state index in [0.717, 1.165) is 23.8 Å². The standard InChI is InChI=1S/C9H14ClN3.C2H6/c1-6-9(10)7(2)12-8(11-6)5-13(3)4;1-2/h5H2,1-4H3;1-2H3. The molecule has 0 spiro atoms. The minimum absolute atomic E-state index is 0.669. The highest BCUT2D eigenvalue weighted by molar-refractivity contribution is 6.31. The van der Waals surface area contributed by atoms with Crippen LogP contribution in [0.3, 0.4) is 0 Å². The van der Waals surface area contributed by atoms with Gasteiger partial charge in [-0.05, 0) is 27.9 Å². The minimum Gasteiger partial charge on any atom is -0.302 e. The second-order valence-corrected chi connectivity index (χ2v) is 3.74. The molecule has 3 nitrogen and oxygen atoms in total. The third-order valence-corrected chi connectivity index (χ3v) is 2.23. The molecule has 0 saturated carbocycles. The first-order chi connectivity index (χ1) is 7.00. The highest BCUT2D eigenvalue weighted by atomic mass is 35.5. The summed E-state index contributed by atoms with van der Waals surface area (Å²) < 4.78 is 0. The van der Waals surface area contributed by atoms with Crippen LogP contribution < -0.4 is 0 Å². The van der Waals surface area contributed by atoms with Gasteiger partial charge < -0.3 is 4.90 Å². The molecule has 0 aromatic carbocycles. The highest BCUT2D eigenvalue weighted by Crippen LogP contribution is 2.16. The molecule has 0 N–H and O–H groups in total. The number of nitrogens with zero attached hydrogens (tertiary/aromatic N) is 3. The Hall–Kier alpha value is -0.670. The molecular formula is C11H20ClN3. The van der Waals surface area contributed by atoms with Crippen molar-refractivity contribution in [1.82, 2.24) is 14.9 Å². The number of hydrogen-bond donors (Lipinski definition) is 0. The highest BCUT2D eigenvalue weighted by Gasteiger charge is 2.06. The van der Waals surface area contributed by atoms with Crippen molar-refractivity contribution in [2.45, 2.75) is 34.2 Å². The SMILES string of the molecule is CC.Cc1nc(CN(C)C)nc(C)c1Cl. The van der Waals surface area contributed by atoms with Crippen LogP contribution in [0.2, 0.25) is 5.02 Å². The Morgan fingerprint density at radius 3 is 1.80 bits per heavy atom. The van der Waals surface area contributed by atoms with Crippen LogP contribution in [-0.2, 0) is 6.54 Å². The summed E-state index contributed by atoms with van der Waals surface area (Å²) >= 11 is 5.95. The van der Waals surface area contributed by atoms with Crippen molar-refractivity contribution in [3.63, 3.8) is 0 Å². The Morgan fingerprint density at radius 1 is 1.07 bits per heavy atom. The Balaban J connectivity index is 0.000000921. The monoisotopic (exact) mass is 229 g/mol. The van der Waals surface area contributed by atoms with E-state index in [1.54, 1.807) is 0 Å². The topological polar surface area (TPSA) is 29.0 Å². The zero-order valence-electron chi connectivity index (χ0n) is 10.4. The van der Waals surface area contributed by atoms with E-state index < -0.39 is 0 Å². The number of halogens is 1. The summed E-state index contributed by atoms with van der Waals surface area (Å²) in [4.78, 5) is 10.6. The predicted molar refractivity (Wildman–Crippen MR) is 65.3 cm³/mol. The first-order valence-electron chi connectivity index (χ1n) is 5.15. The van der Waals surface area contributed by atoms with E-state index in [-0.39, 0.29) is 0 Å². The maximum absolute atomic E-state index is 5.95. The maximum Gasteiger partial charge on any atom is 0.142 e. The molecule has 0 saturated heterocycles. The summed E-state index contributed by atoms with van der Waals surface area (Å²) in [6, 6.07) is 0. The van der Waals surface area contributed by atoms with Gasteiger partial charge in [-0.1, -0.05) is 25.4 Å². The molecule has 1 aromatic heterocycles. The quantitative estimate of drug-likeness (QED) is 0.781. The van der Waals surface area contributed by atoms with Gasteiger partial charge in [0.1, 0.15) is 5.82 Å². The lowest BCUT2D eigenvalue weighted by Gasteiger charge is -2.10. The van der Waals surface area contributed by atoms with E-state index in [9.17, 15) is 0 Å². The summed E-state index contributed by atoms with van der Waals surface area (Å²) in [5.41, 5.74) is 1.71. The van der Waals surface area contributed by atoms with Gasteiger partial charge in [-0.2, -0.15) is 0 Å². The van der Waals surface area contributed by atoms with Crippen LogP contribution in [0.15, 0.2) is 0 Å². The molecule has 0 fully saturated rings. The second-order valence-electron chi connectivity index (χ2n) is 3.36. The largest absolute Gasteiger partial charge is 0.302 e. The molecule has 0 amide bonds. The number of rotatable bonds is 2. The van der Waals surface area contributed by atoms with E-state index in [1.165, 1.54) is 0 Å². The Labute approximate surface area is 97.5 Å². The molecule has 0 atom stereocenters. The molecular weight excluding hydrogens is 210 g/mol. The van der Waals surface area contributed by atoms with Crippen LogP contribution >= 0.6 is 11.6 Å². The van der Waals surface area contributed by atoms with Crippen LogP contribution in [0.5, 0.6) is 0 Å². The lowest BCUT2D eigenvalue weighted by atomic mass is 10.3. The molecule has 1 aromatic rings. The van der Waals surface area contributed by atoms with Crippen molar-refractivity contribution in [2.24, 2.45) is 0 Å². The fourth-order valence-corrected chi connectivity index (χ4v) is 1.21. The smallest absolute Gasteiger partial charge is 0.142 e. The van der Waals surface area contributed by atoms with E-state index >= 15 is 0 Å². The Kier molecular flexibility index (Phi) is 6.45. The van der Waals surface area contributed by atoms with Crippen LogP contribution in [0.4, 0.5) is 0 Å². The average molecular weight is 230 g/mol. The Bertz CT molecular complexity index is 288. The first-order valence-corrected chi connectivity index (χ1v) is 5.53. The maximum atomic E-state index is 5.95. The summed E-state index contributed by atoms with van der Waals surface area (Å²) in [5, 5.41) is 0.669. The van der Waals surface area contributed by atoms with Crippen LogP contribution in [0.25, 0.3) is 0 Å². The van der Waals surface area contributed by atoms with Crippen molar-refractivity contribution in [1.29, 1.82) is 0 Å². The van der Waals surface area contributed by atoms with Crippen molar-refractivity contribution >= 4 is 11.6 Å². The third kappa shape index (κ3) is 4.58. The zero-order valence-corrected chi connectivity index (χ0v) is 11.2. The average Bonchev–Trinajstić information content (AvgIpc) is 2.16. The molecule has 1 heterocycles. The zero-order chi connectivity index (χ0) is 12.0. The van der Waals surface area contributed by atoms with Crippen molar-refractivity contribution in [3.8, 4) is 0 Å². The van der Waals surface area contributed by atoms with Gasteiger partial charge in [0.25, 0.3) is 0 Å². The summed E-state index contributed by atoms with van der Waals surface area (Å²) in [5.74, 6) is 0.824. The fourth-order valence-electron chi connectivity index (χ4n) is 1.13. The molecule has 86 valence electrons. The van der Waals surface area contributed by atoms with Crippen LogP contribution in [0, 0.1) is 13.8 Å². The van der Waals surface area contributed by atoms with Crippen LogP contribution in [0.1, 0.15) is 31.1 Å². The third-order valence-electron chi connectivity index (χ3n) is 1.69. The number of aryl methyl sites for hydroxylation is 2.